The Kier molecular flexibility index (Phi) is 7.89. The van der Waals surface area contributed by atoms with Crippen LogP contribution in [-0.2, 0) is 17.9 Å². The van der Waals surface area contributed by atoms with E-state index in [2.05, 4.69) is 77.7 Å². The maximum atomic E-state index is 12.6. The summed E-state index contributed by atoms with van der Waals surface area (Å²) in [5, 5.41) is 0. The smallest absolute Gasteiger partial charge is 0.144 e. The number of carbonyl (C=O) groups is 1. The van der Waals surface area contributed by atoms with Gasteiger partial charge in [-0.15, -0.1) is 0 Å². The summed E-state index contributed by atoms with van der Waals surface area (Å²) < 4.78 is 0. The van der Waals surface area contributed by atoms with Crippen LogP contribution in [0.4, 0.5) is 0 Å². The Morgan fingerprint density at radius 3 is 1.71 bits per heavy atom. The molecule has 3 heteroatoms. The molecule has 3 aromatic rings. The van der Waals surface area contributed by atoms with Crippen LogP contribution in [0.25, 0.3) is 0 Å². The minimum Gasteiger partial charge on any atom is -0.299 e. The molecule has 3 aromatic carbocycles. The van der Waals surface area contributed by atoms with E-state index in [1.807, 2.05) is 24.5 Å². The van der Waals surface area contributed by atoms with E-state index in [1.165, 1.54) is 16.7 Å². The van der Waals surface area contributed by atoms with E-state index in [-0.39, 0.29) is 6.04 Å². The van der Waals surface area contributed by atoms with Crippen LogP contribution in [0.1, 0.15) is 29.2 Å². The molecule has 1 atom stereocenters. The summed E-state index contributed by atoms with van der Waals surface area (Å²) in [6, 6.07) is 31.5. The lowest BCUT2D eigenvalue weighted by Crippen LogP contribution is -2.30. The van der Waals surface area contributed by atoms with Crippen molar-refractivity contribution < 1.29 is 4.79 Å². The van der Waals surface area contributed by atoms with Gasteiger partial charge >= 0.3 is 0 Å². The third kappa shape index (κ3) is 6.08. The normalized spacial score (nSPS) is 12.1. The first-order valence-corrected chi connectivity index (χ1v) is 11.0. The second kappa shape index (κ2) is 10.8. The molecule has 0 heterocycles. The molecule has 2 nitrogen and oxygen atoms in total. The molecular weight excluding hydrogens is 362 g/mol. The standard InChI is InChI=1S/C25H27NOS/c1-28-20-24(27)17-25(23-15-9-4-10-16-23)26(18-21-11-5-2-6-12-21)19-22-13-7-3-8-14-22/h2-16,25H,17-20H2,1H3. The van der Waals surface area contributed by atoms with Crippen molar-refractivity contribution in [3.63, 3.8) is 0 Å². The van der Waals surface area contributed by atoms with Crippen LogP contribution in [0, 0.1) is 0 Å². The molecule has 0 aliphatic rings. The summed E-state index contributed by atoms with van der Waals surface area (Å²) in [5.74, 6) is 0.862. The van der Waals surface area contributed by atoms with E-state index in [0.29, 0.717) is 18.0 Å². The summed E-state index contributed by atoms with van der Waals surface area (Å²) in [6.07, 6.45) is 2.52. The Morgan fingerprint density at radius 2 is 1.25 bits per heavy atom. The largest absolute Gasteiger partial charge is 0.299 e. The zero-order chi connectivity index (χ0) is 19.6. The minimum absolute atomic E-state index is 0.0567. The second-order valence-electron chi connectivity index (χ2n) is 6.98. The monoisotopic (exact) mass is 389 g/mol. The van der Waals surface area contributed by atoms with E-state index in [4.69, 9.17) is 0 Å². The number of carbonyl (C=O) groups excluding carboxylic acids is 1. The predicted octanol–water partition coefficient (Wildman–Crippen LogP) is 5.75. The zero-order valence-electron chi connectivity index (χ0n) is 16.3. The maximum Gasteiger partial charge on any atom is 0.144 e. The first-order valence-electron chi connectivity index (χ1n) is 9.63. The Balaban J connectivity index is 1.92. The fourth-order valence-electron chi connectivity index (χ4n) is 3.48. The summed E-state index contributed by atoms with van der Waals surface area (Å²) in [7, 11) is 0. The quantitative estimate of drug-likeness (QED) is 0.440. The van der Waals surface area contributed by atoms with Crippen LogP contribution in [0.3, 0.4) is 0 Å². The molecule has 0 aliphatic heterocycles. The lowest BCUT2D eigenvalue weighted by atomic mass is 9.98. The number of Topliss-reactive ketones (excluding diaryl/α,β-unsaturated/α-hetero) is 1. The number of rotatable bonds is 10. The average Bonchev–Trinajstić information content (AvgIpc) is 2.74. The lowest BCUT2D eigenvalue weighted by Gasteiger charge is -2.32. The molecule has 144 valence electrons. The Bertz CT molecular complexity index is 795. The molecule has 0 aromatic heterocycles. The van der Waals surface area contributed by atoms with Crippen molar-refractivity contribution in [1.82, 2.24) is 4.90 Å². The van der Waals surface area contributed by atoms with E-state index >= 15 is 0 Å². The lowest BCUT2D eigenvalue weighted by molar-refractivity contribution is -0.118. The zero-order valence-corrected chi connectivity index (χ0v) is 17.1. The van der Waals surface area contributed by atoms with Crippen molar-refractivity contribution in [2.45, 2.75) is 25.6 Å². The maximum absolute atomic E-state index is 12.6. The van der Waals surface area contributed by atoms with Gasteiger partial charge in [-0.1, -0.05) is 91.0 Å². The van der Waals surface area contributed by atoms with Gasteiger partial charge in [0.15, 0.2) is 0 Å². The van der Waals surface area contributed by atoms with Gasteiger partial charge < -0.3 is 0 Å². The molecule has 1 unspecified atom stereocenters. The third-order valence-electron chi connectivity index (χ3n) is 4.81. The van der Waals surface area contributed by atoms with Crippen LogP contribution < -0.4 is 0 Å². The molecule has 3 rings (SSSR count). The van der Waals surface area contributed by atoms with E-state index in [9.17, 15) is 4.79 Å². The van der Waals surface area contributed by atoms with Gasteiger partial charge in [0.1, 0.15) is 5.78 Å². The highest BCUT2D eigenvalue weighted by molar-refractivity contribution is 7.99. The molecule has 28 heavy (non-hydrogen) atoms. The molecule has 0 saturated carbocycles. The number of hydrogen-bond acceptors (Lipinski definition) is 3. The van der Waals surface area contributed by atoms with Gasteiger partial charge in [-0.05, 0) is 22.9 Å². The first-order chi connectivity index (χ1) is 13.8. The molecule has 0 spiro atoms. The molecule has 0 bridgehead atoms. The molecule has 0 N–H and O–H groups in total. The molecular formula is C25H27NOS. The Labute approximate surface area is 172 Å². The topological polar surface area (TPSA) is 20.3 Å². The second-order valence-corrected chi connectivity index (χ2v) is 7.84. The van der Waals surface area contributed by atoms with Gasteiger partial charge in [-0.3, -0.25) is 9.69 Å². The van der Waals surface area contributed by atoms with Crippen molar-refractivity contribution in [3.8, 4) is 0 Å². The summed E-state index contributed by atoms with van der Waals surface area (Å²) in [5.41, 5.74) is 3.72. The first kappa shape index (κ1) is 20.4. The van der Waals surface area contributed by atoms with E-state index < -0.39 is 0 Å². The van der Waals surface area contributed by atoms with Crippen LogP contribution in [0.5, 0.6) is 0 Å². The van der Waals surface area contributed by atoms with Crippen molar-refractivity contribution in [3.05, 3.63) is 108 Å². The van der Waals surface area contributed by atoms with Crippen LogP contribution in [-0.4, -0.2) is 22.7 Å². The molecule has 0 aliphatic carbocycles. The number of benzene rings is 3. The van der Waals surface area contributed by atoms with Crippen LogP contribution in [0.2, 0.25) is 0 Å². The van der Waals surface area contributed by atoms with Crippen molar-refractivity contribution >= 4 is 17.5 Å². The number of thioether (sulfide) groups is 1. The molecule has 0 fully saturated rings. The minimum atomic E-state index is 0.0567. The van der Waals surface area contributed by atoms with Gasteiger partial charge in [0, 0.05) is 25.6 Å². The fraction of sp³-hybridized carbons (Fsp3) is 0.240. The van der Waals surface area contributed by atoms with Crippen molar-refractivity contribution in [1.29, 1.82) is 0 Å². The van der Waals surface area contributed by atoms with Crippen LogP contribution >= 0.6 is 11.8 Å². The number of ketones is 1. The SMILES string of the molecule is CSCC(=O)CC(c1ccccc1)N(Cc1ccccc1)Cc1ccccc1. The van der Waals surface area contributed by atoms with Gasteiger partial charge in [0.2, 0.25) is 0 Å². The predicted molar refractivity (Wildman–Crippen MR) is 119 cm³/mol. The highest BCUT2D eigenvalue weighted by atomic mass is 32.2. The molecule has 0 amide bonds. The van der Waals surface area contributed by atoms with Gasteiger partial charge in [0.25, 0.3) is 0 Å². The Morgan fingerprint density at radius 1 is 0.786 bits per heavy atom. The van der Waals surface area contributed by atoms with E-state index in [0.717, 1.165) is 13.1 Å². The van der Waals surface area contributed by atoms with Crippen molar-refractivity contribution in [2.75, 3.05) is 12.0 Å². The van der Waals surface area contributed by atoms with Gasteiger partial charge in [-0.25, -0.2) is 0 Å². The fourth-order valence-corrected chi connectivity index (χ4v) is 3.92. The third-order valence-corrected chi connectivity index (χ3v) is 5.42. The Hall–Kier alpha value is -2.36. The summed E-state index contributed by atoms with van der Waals surface area (Å²) >= 11 is 1.60. The van der Waals surface area contributed by atoms with Gasteiger partial charge in [0.05, 0.1) is 5.75 Å². The highest BCUT2D eigenvalue weighted by Gasteiger charge is 2.23. The van der Waals surface area contributed by atoms with Crippen LogP contribution in [0.15, 0.2) is 91.0 Å². The van der Waals surface area contributed by atoms with Gasteiger partial charge in [-0.2, -0.15) is 11.8 Å². The number of hydrogen-bond donors (Lipinski definition) is 0. The van der Waals surface area contributed by atoms with Crippen molar-refractivity contribution in [2.24, 2.45) is 0 Å². The highest BCUT2D eigenvalue weighted by Crippen LogP contribution is 2.29. The molecule has 0 radical (unpaired) electrons. The molecule has 0 saturated heterocycles. The number of nitrogens with zero attached hydrogens (tertiary/aromatic N) is 1. The van der Waals surface area contributed by atoms with E-state index in [1.54, 1.807) is 11.8 Å². The summed E-state index contributed by atoms with van der Waals surface area (Å²) in [6.45, 7) is 1.61. The summed E-state index contributed by atoms with van der Waals surface area (Å²) in [4.78, 5) is 15.0. The average molecular weight is 390 g/mol.